The Kier molecular flexibility index (Phi) is 3.92. The predicted octanol–water partition coefficient (Wildman–Crippen LogP) is 2.87. The number of hydrogen-bond donors (Lipinski definition) is 1. The largest absolute Gasteiger partial charge is 0.469 e. The van der Waals surface area contributed by atoms with Crippen molar-refractivity contribution in [2.75, 3.05) is 0 Å². The molecule has 0 spiro atoms. The summed E-state index contributed by atoms with van der Waals surface area (Å²) in [6.07, 6.45) is 2.54. The van der Waals surface area contributed by atoms with Gasteiger partial charge in [-0.05, 0) is 31.4 Å². The molecule has 1 aromatic heterocycles. The van der Waals surface area contributed by atoms with Gasteiger partial charge in [0.2, 0.25) is 5.88 Å². The highest BCUT2D eigenvalue weighted by atomic mass is 16.5. The third kappa shape index (κ3) is 3.54. The molecule has 0 saturated heterocycles. The van der Waals surface area contributed by atoms with Gasteiger partial charge in [-0.1, -0.05) is 30.3 Å². The van der Waals surface area contributed by atoms with Crippen molar-refractivity contribution >= 4 is 0 Å². The normalized spacial score (nSPS) is 15.8. The van der Waals surface area contributed by atoms with Crippen LogP contribution in [0.3, 0.4) is 0 Å². The highest BCUT2D eigenvalue weighted by Crippen LogP contribution is 2.20. The Balaban J connectivity index is 1.56. The van der Waals surface area contributed by atoms with Crippen LogP contribution in [-0.4, -0.2) is 16.2 Å². The molecule has 4 heteroatoms. The molecule has 1 unspecified atom stereocenters. The van der Waals surface area contributed by atoms with Crippen molar-refractivity contribution in [2.24, 2.45) is 0 Å². The lowest BCUT2D eigenvalue weighted by Crippen LogP contribution is -2.16. The molecule has 0 bridgehead atoms. The SMILES string of the molecule is CC(Oc1ccc(CNC2CC2)nn1)c1ccccc1. The maximum Gasteiger partial charge on any atom is 0.233 e. The van der Waals surface area contributed by atoms with E-state index in [9.17, 15) is 0 Å². The fraction of sp³-hybridized carbons (Fsp3) is 0.375. The number of aromatic nitrogens is 2. The summed E-state index contributed by atoms with van der Waals surface area (Å²) in [6.45, 7) is 2.80. The molecule has 20 heavy (non-hydrogen) atoms. The smallest absolute Gasteiger partial charge is 0.233 e. The van der Waals surface area contributed by atoms with Gasteiger partial charge in [0.25, 0.3) is 0 Å². The number of benzene rings is 1. The van der Waals surface area contributed by atoms with E-state index in [2.05, 4.69) is 15.5 Å². The monoisotopic (exact) mass is 269 g/mol. The number of ether oxygens (including phenoxy) is 1. The van der Waals surface area contributed by atoms with Crippen LogP contribution < -0.4 is 10.1 Å². The molecule has 1 aromatic carbocycles. The molecule has 4 nitrogen and oxygen atoms in total. The minimum Gasteiger partial charge on any atom is -0.469 e. The summed E-state index contributed by atoms with van der Waals surface area (Å²) >= 11 is 0. The first-order valence-electron chi connectivity index (χ1n) is 7.09. The van der Waals surface area contributed by atoms with Gasteiger partial charge in [0, 0.05) is 18.7 Å². The second-order valence-corrected chi connectivity index (χ2v) is 5.19. The van der Waals surface area contributed by atoms with Gasteiger partial charge in [-0.3, -0.25) is 0 Å². The average molecular weight is 269 g/mol. The standard InChI is InChI=1S/C16H19N3O/c1-12(13-5-3-2-4-6-13)20-16-10-9-15(18-19-16)11-17-14-7-8-14/h2-6,9-10,12,14,17H,7-8,11H2,1H3. The van der Waals surface area contributed by atoms with Gasteiger partial charge in [-0.15, -0.1) is 5.10 Å². The lowest BCUT2D eigenvalue weighted by atomic mass is 10.1. The van der Waals surface area contributed by atoms with E-state index in [0.717, 1.165) is 17.8 Å². The lowest BCUT2D eigenvalue weighted by Gasteiger charge is -2.13. The Hall–Kier alpha value is -1.94. The van der Waals surface area contributed by atoms with E-state index < -0.39 is 0 Å². The van der Waals surface area contributed by atoms with Crippen LogP contribution >= 0.6 is 0 Å². The maximum absolute atomic E-state index is 5.80. The summed E-state index contributed by atoms with van der Waals surface area (Å²) in [5.41, 5.74) is 2.09. The van der Waals surface area contributed by atoms with Gasteiger partial charge >= 0.3 is 0 Å². The molecule has 1 fully saturated rings. The molecular formula is C16H19N3O. The Morgan fingerprint density at radius 1 is 1.15 bits per heavy atom. The zero-order valence-electron chi connectivity index (χ0n) is 11.6. The third-order valence-electron chi connectivity index (χ3n) is 3.41. The van der Waals surface area contributed by atoms with Crippen molar-refractivity contribution in [2.45, 2.75) is 38.5 Å². The van der Waals surface area contributed by atoms with Crippen LogP contribution in [0, 0.1) is 0 Å². The molecule has 1 aliphatic rings. The minimum atomic E-state index is -0.0269. The highest BCUT2D eigenvalue weighted by Gasteiger charge is 2.20. The van der Waals surface area contributed by atoms with E-state index in [1.165, 1.54) is 12.8 Å². The van der Waals surface area contributed by atoms with Crippen molar-refractivity contribution < 1.29 is 4.74 Å². The van der Waals surface area contributed by atoms with Crippen LogP contribution in [-0.2, 0) is 6.54 Å². The van der Waals surface area contributed by atoms with Crippen molar-refractivity contribution in [1.82, 2.24) is 15.5 Å². The summed E-state index contributed by atoms with van der Waals surface area (Å²) in [5, 5.41) is 11.7. The quantitative estimate of drug-likeness (QED) is 0.876. The molecule has 1 saturated carbocycles. The Morgan fingerprint density at radius 3 is 2.60 bits per heavy atom. The summed E-state index contributed by atoms with van der Waals surface area (Å²) in [4.78, 5) is 0. The van der Waals surface area contributed by atoms with Gasteiger partial charge in [0.1, 0.15) is 6.10 Å². The van der Waals surface area contributed by atoms with Gasteiger partial charge in [-0.25, -0.2) is 0 Å². The zero-order valence-corrected chi connectivity index (χ0v) is 11.6. The predicted molar refractivity (Wildman–Crippen MR) is 77.4 cm³/mol. The van der Waals surface area contributed by atoms with Gasteiger partial charge in [0.05, 0.1) is 5.69 Å². The van der Waals surface area contributed by atoms with Crippen molar-refractivity contribution in [3.8, 4) is 5.88 Å². The first-order valence-corrected chi connectivity index (χ1v) is 7.09. The minimum absolute atomic E-state index is 0.0269. The number of nitrogens with zero attached hydrogens (tertiary/aromatic N) is 2. The molecule has 1 atom stereocenters. The summed E-state index contributed by atoms with van der Waals surface area (Å²) < 4.78 is 5.80. The second-order valence-electron chi connectivity index (χ2n) is 5.19. The van der Waals surface area contributed by atoms with Crippen molar-refractivity contribution in [1.29, 1.82) is 0 Å². The zero-order chi connectivity index (χ0) is 13.8. The summed E-state index contributed by atoms with van der Waals surface area (Å²) in [7, 11) is 0. The van der Waals surface area contributed by atoms with Crippen molar-refractivity contribution in [3.63, 3.8) is 0 Å². The van der Waals surface area contributed by atoms with Gasteiger partial charge in [0.15, 0.2) is 0 Å². The van der Waals surface area contributed by atoms with E-state index >= 15 is 0 Å². The number of nitrogens with one attached hydrogen (secondary N) is 1. The Bertz CT molecular complexity index is 537. The van der Waals surface area contributed by atoms with Crippen LogP contribution in [0.15, 0.2) is 42.5 Å². The molecule has 1 N–H and O–H groups in total. The molecule has 0 radical (unpaired) electrons. The first kappa shape index (κ1) is 13.1. The topological polar surface area (TPSA) is 47.0 Å². The van der Waals surface area contributed by atoms with E-state index in [0.29, 0.717) is 11.9 Å². The van der Waals surface area contributed by atoms with Crippen LogP contribution in [0.25, 0.3) is 0 Å². The highest BCUT2D eigenvalue weighted by molar-refractivity contribution is 5.19. The number of hydrogen-bond acceptors (Lipinski definition) is 4. The number of rotatable bonds is 6. The van der Waals surface area contributed by atoms with Crippen molar-refractivity contribution in [3.05, 3.63) is 53.7 Å². The van der Waals surface area contributed by atoms with E-state index in [1.807, 2.05) is 49.4 Å². The molecule has 0 amide bonds. The summed E-state index contributed by atoms with van der Waals surface area (Å²) in [5.74, 6) is 0.566. The van der Waals surface area contributed by atoms with Gasteiger partial charge in [-0.2, -0.15) is 5.10 Å². The second kappa shape index (κ2) is 6.01. The molecular weight excluding hydrogens is 250 g/mol. The van der Waals surface area contributed by atoms with E-state index in [-0.39, 0.29) is 6.10 Å². The van der Waals surface area contributed by atoms with E-state index in [4.69, 9.17) is 4.74 Å². The van der Waals surface area contributed by atoms with Crippen LogP contribution in [0.4, 0.5) is 0 Å². The molecule has 104 valence electrons. The van der Waals surface area contributed by atoms with Crippen LogP contribution in [0.5, 0.6) is 5.88 Å². The van der Waals surface area contributed by atoms with Crippen LogP contribution in [0.2, 0.25) is 0 Å². The van der Waals surface area contributed by atoms with E-state index in [1.54, 1.807) is 0 Å². The first-order chi connectivity index (χ1) is 9.81. The Labute approximate surface area is 119 Å². The molecule has 1 heterocycles. The molecule has 3 rings (SSSR count). The fourth-order valence-corrected chi connectivity index (χ4v) is 2.01. The fourth-order valence-electron chi connectivity index (χ4n) is 2.01. The lowest BCUT2D eigenvalue weighted by molar-refractivity contribution is 0.214. The molecule has 1 aliphatic carbocycles. The average Bonchev–Trinajstić information content (AvgIpc) is 3.32. The van der Waals surface area contributed by atoms with Gasteiger partial charge < -0.3 is 10.1 Å². The summed E-state index contributed by atoms with van der Waals surface area (Å²) in [6, 6.07) is 14.6. The Morgan fingerprint density at radius 2 is 1.95 bits per heavy atom. The maximum atomic E-state index is 5.80. The third-order valence-corrected chi connectivity index (χ3v) is 3.41. The molecule has 0 aliphatic heterocycles. The molecule has 2 aromatic rings. The van der Waals surface area contributed by atoms with Crippen LogP contribution in [0.1, 0.15) is 37.1 Å².